The Hall–Kier alpha value is -2.23. The van der Waals surface area contributed by atoms with Gasteiger partial charge in [0.05, 0.1) is 13.7 Å². The van der Waals surface area contributed by atoms with Gasteiger partial charge in [0.25, 0.3) is 0 Å². The number of benzene rings is 1. The number of carbonyl (C=O) groups is 1. The van der Waals surface area contributed by atoms with Crippen molar-refractivity contribution in [2.45, 2.75) is 38.5 Å². The number of hydrogen-bond donors (Lipinski definition) is 1. The lowest BCUT2D eigenvalue weighted by molar-refractivity contribution is 0.0595. The van der Waals surface area contributed by atoms with Crippen LogP contribution in [-0.4, -0.2) is 24.7 Å². The molecule has 1 N–H and O–H groups in total. The lowest BCUT2D eigenvalue weighted by Gasteiger charge is -2.05. The van der Waals surface area contributed by atoms with Gasteiger partial charge in [-0.25, -0.2) is 4.79 Å². The van der Waals surface area contributed by atoms with E-state index in [1.165, 1.54) is 26.4 Å². The zero-order chi connectivity index (χ0) is 16.3. The van der Waals surface area contributed by atoms with E-state index in [9.17, 15) is 4.79 Å². The second kappa shape index (κ2) is 9.72. The van der Waals surface area contributed by atoms with Gasteiger partial charge in [0, 0.05) is 6.20 Å². The zero-order valence-electron chi connectivity index (χ0n) is 13.7. The topological polar surface area (TPSA) is 51.3 Å². The van der Waals surface area contributed by atoms with Crippen molar-refractivity contribution in [2.75, 3.05) is 13.7 Å². The maximum Gasteiger partial charge on any atom is 0.354 e. The molecular formula is C19H25NO3. The minimum absolute atomic E-state index is 0.310. The highest BCUT2D eigenvalue weighted by atomic mass is 16.5. The normalized spacial score (nSPS) is 10.5. The summed E-state index contributed by atoms with van der Waals surface area (Å²) in [5.74, 6) is 0.635. The number of ether oxygens (including phenoxy) is 2. The number of nitrogens with one attached hydrogen (secondary N) is 1. The molecule has 2 aromatic rings. The number of H-pyrrole nitrogens is 1. The molecule has 124 valence electrons. The molecule has 0 unspecified atom stereocenters. The van der Waals surface area contributed by atoms with Crippen LogP contribution < -0.4 is 4.74 Å². The van der Waals surface area contributed by atoms with Crippen LogP contribution in [0.3, 0.4) is 0 Å². The summed E-state index contributed by atoms with van der Waals surface area (Å²) < 4.78 is 10.3. The van der Waals surface area contributed by atoms with Crippen LogP contribution in [0.15, 0.2) is 42.6 Å². The molecule has 2 rings (SSSR count). The number of aromatic amines is 1. The average molecular weight is 315 g/mol. The largest absolute Gasteiger partial charge is 0.494 e. The van der Waals surface area contributed by atoms with Crippen LogP contribution in [0.1, 0.15) is 48.2 Å². The monoisotopic (exact) mass is 315 g/mol. The minimum atomic E-state index is -0.310. The van der Waals surface area contributed by atoms with Gasteiger partial charge in [-0.15, -0.1) is 0 Å². The van der Waals surface area contributed by atoms with Crippen molar-refractivity contribution in [3.63, 3.8) is 0 Å². The Labute approximate surface area is 137 Å². The molecule has 1 aromatic carbocycles. The van der Waals surface area contributed by atoms with Crippen LogP contribution in [0.5, 0.6) is 5.75 Å². The van der Waals surface area contributed by atoms with E-state index in [-0.39, 0.29) is 5.97 Å². The van der Waals surface area contributed by atoms with E-state index in [1.807, 2.05) is 42.6 Å². The molecule has 0 aliphatic rings. The molecule has 0 aliphatic heterocycles. The van der Waals surface area contributed by atoms with Crippen molar-refractivity contribution in [2.24, 2.45) is 0 Å². The molecule has 4 heteroatoms. The fourth-order valence-electron chi connectivity index (χ4n) is 2.48. The van der Waals surface area contributed by atoms with Crippen LogP contribution >= 0.6 is 0 Å². The lowest BCUT2D eigenvalue weighted by Crippen LogP contribution is -2.00. The lowest BCUT2D eigenvalue weighted by atomic mass is 10.1. The molecule has 0 spiro atoms. The summed E-state index contributed by atoms with van der Waals surface area (Å²) >= 11 is 0. The fraction of sp³-hybridized carbons (Fsp3) is 0.421. The Morgan fingerprint density at radius 2 is 1.78 bits per heavy atom. The highest BCUT2D eigenvalue weighted by Crippen LogP contribution is 2.12. The van der Waals surface area contributed by atoms with Crippen LogP contribution in [0.25, 0.3) is 0 Å². The van der Waals surface area contributed by atoms with Crippen molar-refractivity contribution < 1.29 is 14.3 Å². The molecule has 0 fully saturated rings. The number of rotatable bonds is 10. The smallest absolute Gasteiger partial charge is 0.354 e. The van der Waals surface area contributed by atoms with Gasteiger partial charge < -0.3 is 14.5 Å². The van der Waals surface area contributed by atoms with Crippen molar-refractivity contribution in [3.8, 4) is 5.75 Å². The first kappa shape index (κ1) is 17.1. The minimum Gasteiger partial charge on any atom is -0.494 e. The number of aryl methyl sites for hydroxylation is 1. The predicted octanol–water partition coefficient (Wildman–Crippen LogP) is 4.37. The van der Waals surface area contributed by atoms with E-state index in [4.69, 9.17) is 4.74 Å². The maximum atomic E-state index is 11.3. The van der Waals surface area contributed by atoms with E-state index in [2.05, 4.69) is 9.72 Å². The summed E-state index contributed by atoms with van der Waals surface area (Å²) in [6, 6.07) is 11.8. The summed E-state index contributed by atoms with van der Waals surface area (Å²) in [6.07, 6.45) is 8.71. The third-order valence-electron chi connectivity index (χ3n) is 3.77. The fourth-order valence-corrected chi connectivity index (χ4v) is 2.48. The molecule has 0 bridgehead atoms. The zero-order valence-corrected chi connectivity index (χ0v) is 13.7. The highest BCUT2D eigenvalue weighted by molar-refractivity contribution is 5.87. The number of hydrogen-bond acceptors (Lipinski definition) is 3. The molecule has 0 aliphatic carbocycles. The number of para-hydroxylation sites is 1. The van der Waals surface area contributed by atoms with Gasteiger partial charge in [-0.1, -0.05) is 37.5 Å². The second-order valence-corrected chi connectivity index (χ2v) is 5.59. The highest BCUT2D eigenvalue weighted by Gasteiger charge is 2.07. The number of esters is 1. The first-order valence-corrected chi connectivity index (χ1v) is 8.23. The molecular weight excluding hydrogens is 290 g/mol. The van der Waals surface area contributed by atoms with Crippen molar-refractivity contribution >= 4 is 5.97 Å². The Morgan fingerprint density at radius 1 is 1.04 bits per heavy atom. The standard InChI is InChI=1S/C19H25NO3/c1-22-19(21)18-14-16(15-20-18)10-6-3-2-4-9-13-23-17-11-7-5-8-12-17/h5,7-8,11-12,14-15,20H,2-4,6,9-10,13H2,1H3. The molecule has 4 nitrogen and oxygen atoms in total. The maximum absolute atomic E-state index is 11.3. The molecule has 23 heavy (non-hydrogen) atoms. The van der Waals surface area contributed by atoms with Crippen LogP contribution in [0.4, 0.5) is 0 Å². The Balaban J connectivity index is 1.49. The van der Waals surface area contributed by atoms with Gasteiger partial charge in [0.2, 0.25) is 0 Å². The Kier molecular flexibility index (Phi) is 7.24. The molecule has 1 aromatic heterocycles. The Morgan fingerprint density at radius 3 is 2.57 bits per heavy atom. The predicted molar refractivity (Wildman–Crippen MR) is 90.9 cm³/mol. The van der Waals surface area contributed by atoms with Gasteiger partial charge in [-0.3, -0.25) is 0 Å². The summed E-state index contributed by atoms with van der Waals surface area (Å²) in [4.78, 5) is 14.3. The van der Waals surface area contributed by atoms with E-state index < -0.39 is 0 Å². The van der Waals surface area contributed by atoms with Gasteiger partial charge in [0.1, 0.15) is 11.4 Å². The number of aromatic nitrogens is 1. The van der Waals surface area contributed by atoms with Gasteiger partial charge >= 0.3 is 5.97 Å². The van der Waals surface area contributed by atoms with Gasteiger partial charge in [-0.05, 0) is 43.0 Å². The quantitative estimate of drug-likeness (QED) is 0.523. The van der Waals surface area contributed by atoms with Crippen molar-refractivity contribution in [1.82, 2.24) is 4.98 Å². The average Bonchev–Trinajstić information content (AvgIpc) is 3.06. The summed E-state index contributed by atoms with van der Waals surface area (Å²) in [7, 11) is 1.39. The van der Waals surface area contributed by atoms with Crippen LogP contribution in [-0.2, 0) is 11.2 Å². The number of unbranched alkanes of at least 4 members (excludes halogenated alkanes) is 4. The van der Waals surface area contributed by atoms with E-state index >= 15 is 0 Å². The van der Waals surface area contributed by atoms with E-state index in [0.717, 1.165) is 37.2 Å². The van der Waals surface area contributed by atoms with Crippen LogP contribution in [0.2, 0.25) is 0 Å². The molecule has 0 atom stereocenters. The SMILES string of the molecule is COC(=O)c1cc(CCCCCCCOc2ccccc2)c[nH]1. The van der Waals surface area contributed by atoms with Gasteiger partial charge in [0.15, 0.2) is 0 Å². The molecule has 0 saturated carbocycles. The third kappa shape index (κ3) is 6.19. The van der Waals surface area contributed by atoms with Crippen molar-refractivity contribution in [3.05, 3.63) is 53.9 Å². The number of carbonyl (C=O) groups excluding carboxylic acids is 1. The summed E-state index contributed by atoms with van der Waals surface area (Å²) in [6.45, 7) is 0.782. The van der Waals surface area contributed by atoms with Gasteiger partial charge in [-0.2, -0.15) is 0 Å². The molecule has 0 radical (unpaired) electrons. The van der Waals surface area contributed by atoms with Crippen molar-refractivity contribution in [1.29, 1.82) is 0 Å². The molecule has 0 amide bonds. The summed E-state index contributed by atoms with van der Waals surface area (Å²) in [5, 5.41) is 0. The second-order valence-electron chi connectivity index (χ2n) is 5.59. The molecule has 0 saturated heterocycles. The first-order chi connectivity index (χ1) is 11.3. The molecule has 1 heterocycles. The number of methoxy groups -OCH3 is 1. The third-order valence-corrected chi connectivity index (χ3v) is 3.77. The summed E-state index contributed by atoms with van der Waals surface area (Å²) in [5.41, 5.74) is 1.69. The van der Waals surface area contributed by atoms with E-state index in [0.29, 0.717) is 5.69 Å². The van der Waals surface area contributed by atoms with E-state index in [1.54, 1.807) is 0 Å². The first-order valence-electron chi connectivity index (χ1n) is 8.23. The van der Waals surface area contributed by atoms with Crippen LogP contribution in [0, 0.1) is 0 Å². The Bertz CT molecular complexity index is 577.